The first kappa shape index (κ1) is 15.7. The predicted octanol–water partition coefficient (Wildman–Crippen LogP) is 1.25. The zero-order valence-electron chi connectivity index (χ0n) is 13.1. The smallest absolute Gasteiger partial charge is 0.0644 e. The Bertz CT molecular complexity index is 573. The summed E-state index contributed by atoms with van der Waals surface area (Å²) in [5, 5.41) is 23.9. The van der Waals surface area contributed by atoms with E-state index in [1.165, 1.54) is 11.1 Å². The fourth-order valence-electron chi connectivity index (χ4n) is 2.55. The lowest BCUT2D eigenvalue weighted by Crippen LogP contribution is -2.16. The minimum Gasteiger partial charge on any atom is -0.394 e. The summed E-state index contributed by atoms with van der Waals surface area (Å²) in [5.41, 5.74) is 5.87. The molecule has 0 aliphatic carbocycles. The van der Waals surface area contributed by atoms with Gasteiger partial charge in [0.15, 0.2) is 0 Å². The number of hydrogen-bond donors (Lipinski definition) is 3. The standard InChI is InChI=1S/C15H25N5O/c1-11-14(9-17-18-11)5-4-6-16-10-15-12(2)19-20(7-8-21)13(15)3/h9,16,21H,4-8,10H2,1-3H3,(H,17,18). The van der Waals surface area contributed by atoms with Crippen molar-refractivity contribution in [3.8, 4) is 0 Å². The van der Waals surface area contributed by atoms with Gasteiger partial charge in [-0.3, -0.25) is 9.78 Å². The largest absolute Gasteiger partial charge is 0.394 e. The van der Waals surface area contributed by atoms with Crippen LogP contribution in [-0.4, -0.2) is 38.2 Å². The lowest BCUT2D eigenvalue weighted by atomic mass is 10.1. The maximum absolute atomic E-state index is 9.02. The van der Waals surface area contributed by atoms with E-state index in [-0.39, 0.29) is 6.61 Å². The van der Waals surface area contributed by atoms with Crippen molar-refractivity contribution in [2.24, 2.45) is 0 Å². The lowest BCUT2D eigenvalue weighted by Gasteiger charge is -2.06. The molecule has 2 aromatic rings. The quantitative estimate of drug-likeness (QED) is 0.640. The van der Waals surface area contributed by atoms with Crippen LogP contribution in [0.4, 0.5) is 0 Å². The van der Waals surface area contributed by atoms with Crippen LogP contribution in [0, 0.1) is 20.8 Å². The summed E-state index contributed by atoms with van der Waals surface area (Å²) in [5.74, 6) is 0. The van der Waals surface area contributed by atoms with Crippen LogP contribution in [0.3, 0.4) is 0 Å². The molecule has 0 aliphatic heterocycles. The highest BCUT2D eigenvalue weighted by atomic mass is 16.3. The molecule has 2 heterocycles. The molecule has 116 valence electrons. The normalized spacial score (nSPS) is 11.2. The molecular formula is C15H25N5O. The van der Waals surface area contributed by atoms with Crippen LogP contribution in [0.5, 0.6) is 0 Å². The van der Waals surface area contributed by atoms with E-state index in [0.29, 0.717) is 6.54 Å². The number of aromatic amines is 1. The van der Waals surface area contributed by atoms with Gasteiger partial charge < -0.3 is 10.4 Å². The highest BCUT2D eigenvalue weighted by Crippen LogP contribution is 2.12. The third-order valence-corrected chi connectivity index (χ3v) is 3.88. The Balaban J connectivity index is 1.77. The monoisotopic (exact) mass is 291 g/mol. The summed E-state index contributed by atoms with van der Waals surface area (Å²) in [7, 11) is 0. The van der Waals surface area contributed by atoms with Crippen LogP contribution in [0.15, 0.2) is 6.20 Å². The van der Waals surface area contributed by atoms with E-state index in [1.807, 2.05) is 17.8 Å². The van der Waals surface area contributed by atoms with Gasteiger partial charge in [-0.15, -0.1) is 0 Å². The molecule has 0 spiro atoms. The summed E-state index contributed by atoms with van der Waals surface area (Å²) in [6.07, 6.45) is 4.03. The van der Waals surface area contributed by atoms with Crippen molar-refractivity contribution in [1.29, 1.82) is 0 Å². The first-order valence-corrected chi connectivity index (χ1v) is 7.46. The third kappa shape index (κ3) is 3.92. The predicted molar refractivity (Wildman–Crippen MR) is 82.1 cm³/mol. The van der Waals surface area contributed by atoms with Crippen molar-refractivity contribution < 1.29 is 5.11 Å². The van der Waals surface area contributed by atoms with Crippen LogP contribution < -0.4 is 5.32 Å². The number of hydrogen-bond acceptors (Lipinski definition) is 4. The Hall–Kier alpha value is -1.66. The van der Waals surface area contributed by atoms with Crippen molar-refractivity contribution in [1.82, 2.24) is 25.3 Å². The topological polar surface area (TPSA) is 78.8 Å². The molecule has 0 aliphatic rings. The van der Waals surface area contributed by atoms with Gasteiger partial charge in [0, 0.05) is 23.5 Å². The number of nitrogens with one attached hydrogen (secondary N) is 2. The van der Waals surface area contributed by atoms with E-state index < -0.39 is 0 Å². The maximum atomic E-state index is 9.02. The average molecular weight is 291 g/mol. The Morgan fingerprint density at radius 3 is 2.81 bits per heavy atom. The Kier molecular flexibility index (Phi) is 5.52. The highest BCUT2D eigenvalue weighted by molar-refractivity contribution is 5.24. The summed E-state index contributed by atoms with van der Waals surface area (Å²) < 4.78 is 1.88. The molecule has 0 atom stereocenters. The second kappa shape index (κ2) is 7.38. The highest BCUT2D eigenvalue weighted by Gasteiger charge is 2.10. The molecule has 6 heteroatoms. The SMILES string of the molecule is Cc1nn(CCO)c(C)c1CNCCCc1cn[nH]c1C. The number of aliphatic hydroxyl groups excluding tert-OH is 1. The molecule has 0 unspecified atom stereocenters. The molecule has 0 fully saturated rings. The Morgan fingerprint density at radius 2 is 2.14 bits per heavy atom. The summed E-state index contributed by atoms with van der Waals surface area (Å²) in [4.78, 5) is 0. The average Bonchev–Trinajstić information content (AvgIpc) is 2.97. The van der Waals surface area contributed by atoms with E-state index in [0.717, 1.165) is 43.0 Å². The van der Waals surface area contributed by atoms with Crippen LogP contribution in [0.1, 0.15) is 34.6 Å². The van der Waals surface area contributed by atoms with Crippen molar-refractivity contribution in [3.05, 3.63) is 34.4 Å². The van der Waals surface area contributed by atoms with E-state index >= 15 is 0 Å². The van der Waals surface area contributed by atoms with Crippen molar-refractivity contribution >= 4 is 0 Å². The van der Waals surface area contributed by atoms with Gasteiger partial charge in [-0.25, -0.2) is 0 Å². The lowest BCUT2D eigenvalue weighted by molar-refractivity contribution is 0.267. The van der Waals surface area contributed by atoms with Crippen molar-refractivity contribution in [3.63, 3.8) is 0 Å². The minimum absolute atomic E-state index is 0.124. The number of aryl methyl sites for hydroxylation is 3. The van der Waals surface area contributed by atoms with Crippen LogP contribution in [0.2, 0.25) is 0 Å². The zero-order chi connectivity index (χ0) is 15.2. The van der Waals surface area contributed by atoms with Crippen molar-refractivity contribution in [2.75, 3.05) is 13.2 Å². The van der Waals surface area contributed by atoms with Gasteiger partial charge in [0.1, 0.15) is 0 Å². The number of nitrogens with zero attached hydrogens (tertiary/aromatic N) is 3. The molecular weight excluding hydrogens is 266 g/mol. The van der Waals surface area contributed by atoms with Gasteiger partial charge in [-0.05, 0) is 45.7 Å². The maximum Gasteiger partial charge on any atom is 0.0644 e. The van der Waals surface area contributed by atoms with E-state index in [9.17, 15) is 0 Å². The molecule has 0 saturated carbocycles. The fraction of sp³-hybridized carbons (Fsp3) is 0.600. The molecule has 21 heavy (non-hydrogen) atoms. The molecule has 0 saturated heterocycles. The van der Waals surface area contributed by atoms with Gasteiger partial charge in [-0.2, -0.15) is 10.2 Å². The number of rotatable bonds is 8. The minimum atomic E-state index is 0.124. The summed E-state index contributed by atoms with van der Waals surface area (Å²) >= 11 is 0. The first-order chi connectivity index (χ1) is 10.1. The zero-order valence-corrected chi connectivity index (χ0v) is 13.1. The van der Waals surface area contributed by atoms with Gasteiger partial charge in [0.2, 0.25) is 0 Å². The van der Waals surface area contributed by atoms with Crippen LogP contribution >= 0.6 is 0 Å². The van der Waals surface area contributed by atoms with E-state index in [2.05, 4.69) is 34.5 Å². The Morgan fingerprint density at radius 1 is 1.33 bits per heavy atom. The summed E-state index contributed by atoms with van der Waals surface area (Å²) in [6.45, 7) is 8.61. The van der Waals surface area contributed by atoms with Gasteiger partial charge in [0.25, 0.3) is 0 Å². The van der Waals surface area contributed by atoms with Crippen LogP contribution in [-0.2, 0) is 19.5 Å². The molecule has 0 amide bonds. The molecule has 3 N–H and O–H groups in total. The molecule has 0 bridgehead atoms. The van der Waals surface area contributed by atoms with Crippen molar-refractivity contribution in [2.45, 2.75) is 46.7 Å². The van der Waals surface area contributed by atoms with Gasteiger partial charge in [0.05, 0.1) is 25.0 Å². The number of H-pyrrole nitrogens is 1. The van der Waals surface area contributed by atoms with E-state index in [1.54, 1.807) is 0 Å². The van der Waals surface area contributed by atoms with Crippen LogP contribution in [0.25, 0.3) is 0 Å². The first-order valence-electron chi connectivity index (χ1n) is 7.46. The van der Waals surface area contributed by atoms with Gasteiger partial charge >= 0.3 is 0 Å². The molecule has 6 nitrogen and oxygen atoms in total. The molecule has 0 radical (unpaired) electrons. The molecule has 2 rings (SSSR count). The molecule has 0 aromatic carbocycles. The number of aromatic nitrogens is 4. The summed E-state index contributed by atoms with van der Waals surface area (Å²) in [6, 6.07) is 0. The van der Waals surface area contributed by atoms with Gasteiger partial charge in [-0.1, -0.05) is 0 Å². The second-order valence-corrected chi connectivity index (χ2v) is 5.40. The number of aliphatic hydroxyl groups is 1. The third-order valence-electron chi connectivity index (χ3n) is 3.88. The Labute approximate surface area is 125 Å². The fourth-order valence-corrected chi connectivity index (χ4v) is 2.55. The molecule has 2 aromatic heterocycles. The van der Waals surface area contributed by atoms with E-state index in [4.69, 9.17) is 5.11 Å². The second-order valence-electron chi connectivity index (χ2n) is 5.40.